The number of phenolic OH excluding ortho intramolecular Hbond substituents is 1. The van der Waals surface area contributed by atoms with E-state index in [1.54, 1.807) is 6.07 Å². The van der Waals surface area contributed by atoms with Crippen molar-refractivity contribution < 1.29 is 32.6 Å². The van der Waals surface area contributed by atoms with E-state index in [2.05, 4.69) is 10.0 Å². The van der Waals surface area contributed by atoms with Gasteiger partial charge in [0.1, 0.15) is 17.2 Å². The lowest BCUT2D eigenvalue weighted by Crippen LogP contribution is -2.49. The molecule has 38 heavy (non-hydrogen) atoms. The zero-order valence-corrected chi connectivity index (χ0v) is 23.9. The Balaban J connectivity index is 0.00000507. The monoisotopic (exact) mass is 573 g/mol. The topological polar surface area (TPSA) is 128 Å². The van der Waals surface area contributed by atoms with Crippen molar-refractivity contribution >= 4 is 39.9 Å². The lowest BCUT2D eigenvalue weighted by molar-refractivity contribution is -0.00159. The second kappa shape index (κ2) is 12.1. The van der Waals surface area contributed by atoms with Crippen LogP contribution in [0.2, 0.25) is 0 Å². The molecule has 0 aliphatic carbocycles. The van der Waals surface area contributed by atoms with Crippen LogP contribution in [-0.2, 0) is 20.4 Å². The van der Waals surface area contributed by atoms with Crippen molar-refractivity contribution in [2.75, 3.05) is 29.0 Å². The van der Waals surface area contributed by atoms with Crippen molar-refractivity contribution in [2.24, 2.45) is 0 Å². The average Bonchev–Trinajstić information content (AvgIpc) is 2.82. The highest BCUT2D eigenvalue weighted by molar-refractivity contribution is 7.92. The molecule has 2 aromatic carbocycles. The van der Waals surface area contributed by atoms with Crippen molar-refractivity contribution in [1.82, 2.24) is 5.32 Å². The number of rotatable bonds is 11. The normalized spacial score (nSPS) is 15.8. The first-order chi connectivity index (χ1) is 17.2. The Kier molecular flexibility index (Phi) is 10.0. The van der Waals surface area contributed by atoms with Gasteiger partial charge in [0.25, 0.3) is 0 Å². The summed E-state index contributed by atoms with van der Waals surface area (Å²) in [6.45, 7) is 8.12. The number of cyclic esters (lactones) is 1. The van der Waals surface area contributed by atoms with Gasteiger partial charge >= 0.3 is 6.09 Å². The van der Waals surface area contributed by atoms with Crippen LogP contribution in [0.15, 0.2) is 36.4 Å². The number of aromatic hydroxyl groups is 1. The molecule has 4 N–H and O–H groups in total. The van der Waals surface area contributed by atoms with Gasteiger partial charge in [-0.3, -0.25) is 9.62 Å². The van der Waals surface area contributed by atoms with Gasteiger partial charge in [-0.1, -0.05) is 19.9 Å². The largest absolute Gasteiger partial charge is 0.506 e. The minimum absolute atomic E-state index is 0. The van der Waals surface area contributed by atoms with Gasteiger partial charge in [0.15, 0.2) is 0 Å². The fourth-order valence-electron chi connectivity index (χ4n) is 4.48. The number of hydrogen-bond donors (Lipinski definition) is 4. The Labute approximate surface area is 229 Å². The molecule has 0 fully saturated rings. The first-order valence-electron chi connectivity index (χ1n) is 12.2. The smallest absolute Gasteiger partial charge is 0.415 e. The number of β-amino-alcohol motifs (C(OH)–C–C–N with tert-alkyl or cyclic N) is 1. The second-order valence-corrected chi connectivity index (χ2v) is 11.8. The molecule has 1 aliphatic heterocycles. The highest BCUT2D eigenvalue weighted by Gasteiger charge is 2.43. The van der Waals surface area contributed by atoms with E-state index in [1.165, 1.54) is 35.2 Å². The molecule has 0 saturated heterocycles. The third-order valence-corrected chi connectivity index (χ3v) is 7.41. The Bertz CT molecular complexity index is 1250. The fourth-order valence-corrected chi connectivity index (χ4v) is 5.05. The molecule has 212 valence electrons. The summed E-state index contributed by atoms with van der Waals surface area (Å²) in [7, 11) is -3.61. The summed E-state index contributed by atoms with van der Waals surface area (Å²) in [5.74, 6) is -0.638. The molecule has 9 nitrogen and oxygen atoms in total. The van der Waals surface area contributed by atoms with E-state index in [9.17, 15) is 27.8 Å². The number of aliphatic hydroxyl groups is 1. The molecule has 1 aliphatic rings. The molecular weight excluding hydrogens is 537 g/mol. The Morgan fingerprint density at radius 3 is 2.42 bits per heavy atom. The van der Waals surface area contributed by atoms with Crippen molar-refractivity contribution in [3.05, 3.63) is 53.3 Å². The summed E-state index contributed by atoms with van der Waals surface area (Å²) in [5, 5.41) is 23.9. The van der Waals surface area contributed by atoms with Crippen LogP contribution < -0.4 is 14.9 Å². The van der Waals surface area contributed by atoms with Crippen LogP contribution >= 0.6 is 12.4 Å². The first-order valence-corrected chi connectivity index (χ1v) is 14.1. The zero-order chi connectivity index (χ0) is 27.6. The SMILES string of the molecule is CCC1(CC)OC(=O)N(CCC(C)(C)NCC(O)c2ccc(O)c(NS(C)(=O)=O)c2)c2ccc(F)cc21.Cl. The van der Waals surface area contributed by atoms with Crippen LogP contribution in [0, 0.1) is 5.82 Å². The van der Waals surface area contributed by atoms with Crippen LogP contribution in [0.3, 0.4) is 0 Å². The molecule has 12 heteroatoms. The molecule has 0 aromatic heterocycles. The first kappa shape index (κ1) is 31.6. The highest BCUT2D eigenvalue weighted by atomic mass is 35.5. The van der Waals surface area contributed by atoms with Crippen molar-refractivity contribution in [3.63, 3.8) is 0 Å². The number of benzene rings is 2. The number of hydrogen-bond acceptors (Lipinski definition) is 7. The predicted molar refractivity (Wildman–Crippen MR) is 148 cm³/mol. The average molecular weight is 574 g/mol. The van der Waals surface area contributed by atoms with Crippen molar-refractivity contribution in [1.29, 1.82) is 0 Å². The molecule has 1 unspecified atom stereocenters. The molecule has 2 aromatic rings. The summed E-state index contributed by atoms with van der Waals surface area (Å²) in [4.78, 5) is 14.5. The predicted octanol–water partition coefficient (Wildman–Crippen LogP) is 4.79. The molecule has 0 bridgehead atoms. The summed E-state index contributed by atoms with van der Waals surface area (Å²) in [5.41, 5.74) is 0.301. The molecular formula is C26H37ClFN3O6S. The van der Waals surface area contributed by atoms with Crippen LogP contribution in [0.5, 0.6) is 5.75 Å². The second-order valence-electron chi connectivity index (χ2n) is 10.1. The number of fused-ring (bicyclic) bond motifs is 1. The van der Waals surface area contributed by atoms with Crippen molar-refractivity contribution in [2.45, 2.75) is 64.2 Å². The van der Waals surface area contributed by atoms with Gasteiger partial charge in [0.2, 0.25) is 10.0 Å². The van der Waals surface area contributed by atoms with E-state index < -0.39 is 33.4 Å². The van der Waals surface area contributed by atoms with Gasteiger partial charge in [-0.05, 0) is 69.0 Å². The van der Waals surface area contributed by atoms with Gasteiger partial charge in [-0.2, -0.15) is 0 Å². The number of phenols is 1. The maximum Gasteiger partial charge on any atom is 0.415 e. The summed E-state index contributed by atoms with van der Waals surface area (Å²) < 4.78 is 45.2. The maximum absolute atomic E-state index is 14.1. The van der Waals surface area contributed by atoms with E-state index in [1.807, 2.05) is 27.7 Å². The lowest BCUT2D eigenvalue weighted by Gasteiger charge is -2.42. The van der Waals surface area contributed by atoms with E-state index >= 15 is 0 Å². The van der Waals surface area contributed by atoms with Crippen molar-refractivity contribution in [3.8, 4) is 5.75 Å². The number of nitrogens with zero attached hydrogens (tertiary/aromatic N) is 1. The van der Waals surface area contributed by atoms with E-state index in [0.717, 1.165) is 6.26 Å². The molecule has 1 amide bonds. The molecule has 0 saturated carbocycles. The van der Waals surface area contributed by atoms with E-state index in [-0.39, 0.29) is 36.2 Å². The highest BCUT2D eigenvalue weighted by Crippen LogP contribution is 2.44. The van der Waals surface area contributed by atoms with E-state index in [4.69, 9.17) is 4.74 Å². The number of ether oxygens (including phenoxy) is 1. The number of sulfonamides is 1. The van der Waals surface area contributed by atoms with Gasteiger partial charge in [0, 0.05) is 24.2 Å². The minimum atomic E-state index is -3.61. The van der Waals surface area contributed by atoms with Gasteiger partial charge in [-0.15, -0.1) is 12.4 Å². The summed E-state index contributed by atoms with van der Waals surface area (Å²) >= 11 is 0. The number of anilines is 2. The third kappa shape index (κ3) is 7.28. The van der Waals surface area contributed by atoms with Gasteiger partial charge in [-0.25, -0.2) is 17.6 Å². The quantitative estimate of drug-likeness (QED) is 0.285. The summed E-state index contributed by atoms with van der Waals surface area (Å²) in [6.07, 6.45) is 1.06. The van der Waals surface area contributed by atoms with Crippen LogP contribution in [0.25, 0.3) is 0 Å². The Morgan fingerprint density at radius 2 is 1.82 bits per heavy atom. The Morgan fingerprint density at radius 1 is 1.16 bits per heavy atom. The van der Waals surface area contributed by atoms with E-state index in [0.29, 0.717) is 42.6 Å². The number of amides is 1. The number of carbonyl (C=O) groups is 1. The number of carbonyl (C=O) groups excluding carboxylic acids is 1. The zero-order valence-electron chi connectivity index (χ0n) is 22.2. The maximum atomic E-state index is 14.1. The van der Waals surface area contributed by atoms with Gasteiger partial charge < -0.3 is 20.3 Å². The number of nitrogens with one attached hydrogen (secondary N) is 2. The Hall–Kier alpha value is -2.60. The van der Waals surface area contributed by atoms with Gasteiger partial charge in [0.05, 0.1) is 23.7 Å². The van der Waals surface area contributed by atoms with Crippen LogP contribution in [0.1, 0.15) is 64.2 Å². The third-order valence-electron chi connectivity index (χ3n) is 6.82. The summed E-state index contributed by atoms with van der Waals surface area (Å²) in [6, 6.07) is 8.59. The molecule has 0 spiro atoms. The standard InChI is InChI=1S/C26H36FN3O6S.ClH/c1-6-26(7-2)19-15-18(27)9-10-21(19)30(24(33)36-26)13-12-25(3,4)28-16-23(32)17-8-11-22(31)20(14-17)29-37(5,34)35;/h8-11,14-15,23,28-29,31-32H,6-7,12-13,16H2,1-5H3;1H. The molecule has 1 heterocycles. The number of aliphatic hydroxyl groups excluding tert-OH is 1. The van der Waals surface area contributed by atoms with Crippen LogP contribution in [-0.4, -0.2) is 49.6 Å². The fraction of sp³-hybridized carbons (Fsp3) is 0.500. The van der Waals surface area contributed by atoms with Crippen LogP contribution in [0.4, 0.5) is 20.6 Å². The molecule has 3 rings (SSSR count). The molecule has 1 atom stereocenters. The minimum Gasteiger partial charge on any atom is -0.506 e. The molecule has 0 radical (unpaired) electrons. The number of halogens is 2. The lowest BCUT2D eigenvalue weighted by atomic mass is 9.85.